The number of rotatable bonds is 8. The highest BCUT2D eigenvalue weighted by Crippen LogP contribution is 2.28. The lowest BCUT2D eigenvalue weighted by Gasteiger charge is -2.12. The van der Waals surface area contributed by atoms with Crippen LogP contribution >= 0.6 is 24.0 Å². The lowest BCUT2D eigenvalue weighted by atomic mass is 10.2. The normalized spacial score (nSPS) is 16.7. The van der Waals surface area contributed by atoms with Crippen molar-refractivity contribution in [2.45, 2.75) is 58.4 Å². The minimum atomic E-state index is 0. The molecule has 1 amide bonds. The number of nitrogens with one attached hydrogen (secondary N) is 3. The van der Waals surface area contributed by atoms with Crippen molar-refractivity contribution in [1.29, 1.82) is 0 Å². The number of carbonyl (C=O) groups excluding carboxylic acids is 1. The van der Waals surface area contributed by atoms with Crippen LogP contribution in [0, 0.1) is 5.92 Å². The molecule has 3 N–H and O–H groups in total. The Morgan fingerprint density at radius 3 is 2.74 bits per heavy atom. The van der Waals surface area contributed by atoms with Crippen molar-refractivity contribution in [2.24, 2.45) is 10.9 Å². The first-order chi connectivity index (χ1) is 12.8. The topological polar surface area (TPSA) is 96.2 Å². The van der Waals surface area contributed by atoms with Gasteiger partial charge < -0.3 is 20.5 Å². The molecule has 9 heteroatoms. The lowest BCUT2D eigenvalue weighted by Crippen LogP contribution is -2.41. The van der Waals surface area contributed by atoms with Gasteiger partial charge in [0, 0.05) is 51.5 Å². The number of hydrogen-bond acceptors (Lipinski definition) is 4. The van der Waals surface area contributed by atoms with E-state index in [-0.39, 0.29) is 35.8 Å². The summed E-state index contributed by atoms with van der Waals surface area (Å²) >= 11 is 0. The van der Waals surface area contributed by atoms with Gasteiger partial charge in [-0.1, -0.05) is 6.42 Å². The van der Waals surface area contributed by atoms with Crippen LogP contribution in [-0.2, 0) is 24.2 Å². The summed E-state index contributed by atoms with van der Waals surface area (Å²) in [6.45, 7) is 5.84. The molecule has 1 saturated carbocycles. The summed E-state index contributed by atoms with van der Waals surface area (Å²) in [5, 5.41) is 18.2. The van der Waals surface area contributed by atoms with Crippen LogP contribution in [0.25, 0.3) is 0 Å². The highest BCUT2D eigenvalue weighted by atomic mass is 127. The standard InChI is InChI=1S/C18H31N7O.HI/c1-2-19-18(22-12-11-20-17(26)14-7-8-14)21-10-9-16-24-23-15-6-4-3-5-13-25(15)16;/h14H,2-13H2,1H3,(H,20,26)(H2,19,21,22);1H. The zero-order valence-corrected chi connectivity index (χ0v) is 18.5. The molecule has 0 unspecified atom stereocenters. The number of fused-ring (bicyclic) bond motifs is 1. The maximum atomic E-state index is 11.6. The van der Waals surface area contributed by atoms with Gasteiger partial charge in [0.2, 0.25) is 5.91 Å². The van der Waals surface area contributed by atoms with Crippen LogP contribution in [0.3, 0.4) is 0 Å². The summed E-state index contributed by atoms with van der Waals surface area (Å²) in [5.41, 5.74) is 0. The molecule has 27 heavy (non-hydrogen) atoms. The molecule has 1 fully saturated rings. The Balaban J connectivity index is 0.00000261. The molecule has 0 radical (unpaired) electrons. The third-order valence-electron chi connectivity index (χ3n) is 4.80. The molecule has 2 heterocycles. The third-order valence-corrected chi connectivity index (χ3v) is 4.80. The first-order valence-electron chi connectivity index (χ1n) is 9.98. The van der Waals surface area contributed by atoms with E-state index < -0.39 is 0 Å². The number of carbonyl (C=O) groups is 1. The SMILES string of the molecule is CCNC(=NCCc1nnc2n1CCCCC2)NCCNC(=O)C1CC1.I. The zero-order chi connectivity index (χ0) is 18.2. The average Bonchev–Trinajstić information content (AvgIpc) is 3.45. The first-order valence-corrected chi connectivity index (χ1v) is 9.98. The van der Waals surface area contributed by atoms with Crippen LogP contribution in [0.2, 0.25) is 0 Å². The number of nitrogens with zero attached hydrogens (tertiary/aromatic N) is 4. The third kappa shape index (κ3) is 6.93. The van der Waals surface area contributed by atoms with E-state index in [0.717, 1.165) is 56.4 Å². The second kappa shape index (κ2) is 11.5. The fraction of sp³-hybridized carbons (Fsp3) is 0.778. The van der Waals surface area contributed by atoms with Crippen LogP contribution in [0.4, 0.5) is 0 Å². The van der Waals surface area contributed by atoms with Gasteiger partial charge in [0.25, 0.3) is 0 Å². The molecule has 1 aliphatic carbocycles. The van der Waals surface area contributed by atoms with E-state index in [4.69, 9.17) is 0 Å². The largest absolute Gasteiger partial charge is 0.357 e. The van der Waals surface area contributed by atoms with Crippen LogP contribution in [-0.4, -0.2) is 52.8 Å². The van der Waals surface area contributed by atoms with Gasteiger partial charge in [-0.2, -0.15) is 0 Å². The van der Waals surface area contributed by atoms with Crippen molar-refractivity contribution in [1.82, 2.24) is 30.7 Å². The molecular formula is C18H32IN7O. The van der Waals surface area contributed by atoms with Gasteiger partial charge in [-0.05, 0) is 32.6 Å². The van der Waals surface area contributed by atoms with Crippen molar-refractivity contribution in [3.63, 3.8) is 0 Å². The molecule has 0 atom stereocenters. The highest BCUT2D eigenvalue weighted by molar-refractivity contribution is 14.0. The number of guanidine groups is 1. The molecule has 0 spiro atoms. The van der Waals surface area contributed by atoms with Crippen LogP contribution in [0.15, 0.2) is 4.99 Å². The molecular weight excluding hydrogens is 457 g/mol. The molecule has 3 rings (SSSR count). The van der Waals surface area contributed by atoms with E-state index >= 15 is 0 Å². The molecule has 2 aliphatic rings. The Morgan fingerprint density at radius 2 is 1.96 bits per heavy atom. The maximum Gasteiger partial charge on any atom is 0.223 e. The van der Waals surface area contributed by atoms with Crippen LogP contribution in [0.5, 0.6) is 0 Å². The fourth-order valence-corrected chi connectivity index (χ4v) is 3.20. The molecule has 0 bridgehead atoms. The first kappa shape index (κ1) is 21.9. The quantitative estimate of drug-likeness (QED) is 0.221. The van der Waals surface area contributed by atoms with Crippen LogP contribution < -0.4 is 16.0 Å². The summed E-state index contributed by atoms with van der Waals surface area (Å²) in [7, 11) is 0. The van der Waals surface area contributed by atoms with Crippen molar-refractivity contribution in [3.8, 4) is 0 Å². The van der Waals surface area contributed by atoms with E-state index in [1.165, 1.54) is 19.3 Å². The second-order valence-corrected chi connectivity index (χ2v) is 7.00. The summed E-state index contributed by atoms with van der Waals surface area (Å²) < 4.78 is 2.27. The van der Waals surface area contributed by atoms with Crippen molar-refractivity contribution in [3.05, 3.63) is 11.6 Å². The number of aromatic nitrogens is 3. The Kier molecular flexibility index (Phi) is 9.29. The van der Waals surface area contributed by atoms with Crippen molar-refractivity contribution >= 4 is 35.8 Å². The summed E-state index contributed by atoms with van der Waals surface area (Å²) in [6, 6.07) is 0. The summed E-state index contributed by atoms with van der Waals surface area (Å²) in [6.07, 6.45) is 7.59. The van der Waals surface area contributed by atoms with E-state index in [2.05, 4.69) is 35.7 Å². The van der Waals surface area contributed by atoms with Crippen molar-refractivity contribution in [2.75, 3.05) is 26.2 Å². The molecule has 8 nitrogen and oxygen atoms in total. The van der Waals surface area contributed by atoms with Crippen molar-refractivity contribution < 1.29 is 4.79 Å². The zero-order valence-electron chi connectivity index (χ0n) is 16.2. The smallest absolute Gasteiger partial charge is 0.223 e. The predicted octanol–water partition coefficient (Wildman–Crippen LogP) is 1.25. The predicted molar refractivity (Wildman–Crippen MR) is 116 cm³/mol. The number of aryl methyl sites for hydroxylation is 1. The average molecular weight is 489 g/mol. The van der Waals surface area contributed by atoms with Gasteiger partial charge in [0.05, 0.1) is 0 Å². The molecule has 152 valence electrons. The number of hydrogen-bond donors (Lipinski definition) is 3. The Labute approximate surface area is 178 Å². The van der Waals surface area contributed by atoms with Gasteiger partial charge >= 0.3 is 0 Å². The van der Waals surface area contributed by atoms with E-state index in [1.54, 1.807) is 0 Å². The number of aliphatic imine (C=N–C) groups is 1. The van der Waals surface area contributed by atoms with Crippen LogP contribution in [0.1, 0.15) is 50.7 Å². The summed E-state index contributed by atoms with van der Waals surface area (Å²) in [5.74, 6) is 3.39. The number of halogens is 1. The van der Waals surface area contributed by atoms with Gasteiger partial charge in [0.15, 0.2) is 5.96 Å². The molecule has 0 aromatic carbocycles. The fourth-order valence-electron chi connectivity index (χ4n) is 3.20. The molecule has 1 aromatic rings. The van der Waals surface area contributed by atoms with E-state index in [9.17, 15) is 4.79 Å². The van der Waals surface area contributed by atoms with Gasteiger partial charge in [-0.15, -0.1) is 34.2 Å². The molecule has 0 saturated heterocycles. The van der Waals surface area contributed by atoms with Gasteiger partial charge in [-0.3, -0.25) is 9.79 Å². The van der Waals surface area contributed by atoms with Gasteiger partial charge in [0.1, 0.15) is 11.6 Å². The Morgan fingerprint density at radius 1 is 1.15 bits per heavy atom. The van der Waals surface area contributed by atoms with E-state index in [1.807, 2.05) is 6.92 Å². The van der Waals surface area contributed by atoms with Gasteiger partial charge in [-0.25, -0.2) is 0 Å². The Hall–Kier alpha value is -1.39. The summed E-state index contributed by atoms with van der Waals surface area (Å²) in [4.78, 5) is 16.2. The molecule has 1 aromatic heterocycles. The van der Waals surface area contributed by atoms with E-state index in [0.29, 0.717) is 19.6 Å². The second-order valence-electron chi connectivity index (χ2n) is 7.00. The minimum Gasteiger partial charge on any atom is -0.357 e. The Bertz CT molecular complexity index is 627. The highest BCUT2D eigenvalue weighted by Gasteiger charge is 2.28. The molecule has 1 aliphatic heterocycles. The lowest BCUT2D eigenvalue weighted by molar-refractivity contribution is -0.122. The number of amides is 1. The maximum absolute atomic E-state index is 11.6. The minimum absolute atomic E-state index is 0. The monoisotopic (exact) mass is 489 g/mol.